The van der Waals surface area contributed by atoms with Crippen LogP contribution in [0.25, 0.3) is 0 Å². The molecular formula is C25H30N4O3. The van der Waals surface area contributed by atoms with E-state index in [-0.39, 0.29) is 6.10 Å². The number of hydrogen-bond donors (Lipinski definition) is 2. The lowest BCUT2D eigenvalue weighted by molar-refractivity contribution is 0.213. The third kappa shape index (κ3) is 6.91. The molecule has 0 fully saturated rings. The minimum atomic E-state index is -0.0898. The summed E-state index contributed by atoms with van der Waals surface area (Å²) in [6.07, 6.45) is 1.64. The highest BCUT2D eigenvalue weighted by molar-refractivity contribution is 5.79. The molecule has 3 aromatic rings. The van der Waals surface area contributed by atoms with E-state index in [0.29, 0.717) is 43.0 Å². The molecular weight excluding hydrogens is 404 g/mol. The van der Waals surface area contributed by atoms with E-state index in [4.69, 9.17) is 14.2 Å². The Balaban J connectivity index is 1.50. The van der Waals surface area contributed by atoms with E-state index >= 15 is 0 Å². The highest BCUT2D eigenvalue weighted by Gasteiger charge is 2.10. The van der Waals surface area contributed by atoms with Crippen molar-refractivity contribution in [3.8, 4) is 17.4 Å². The normalized spacial score (nSPS) is 12.0. The second kappa shape index (κ2) is 12.2. The van der Waals surface area contributed by atoms with Crippen molar-refractivity contribution in [3.05, 3.63) is 84.1 Å². The molecule has 1 heterocycles. The zero-order valence-corrected chi connectivity index (χ0v) is 18.7. The van der Waals surface area contributed by atoms with E-state index in [2.05, 4.69) is 20.6 Å². The maximum Gasteiger partial charge on any atom is 0.218 e. The second-order valence-corrected chi connectivity index (χ2v) is 7.13. The van der Waals surface area contributed by atoms with Crippen LogP contribution >= 0.6 is 0 Å². The predicted molar refractivity (Wildman–Crippen MR) is 126 cm³/mol. The van der Waals surface area contributed by atoms with Crippen LogP contribution in [0.3, 0.4) is 0 Å². The maximum atomic E-state index is 5.99. The standard InChI is InChI=1S/C25H30N4O3/c1-19(32-23-14-8-7-13-22(23)30-3)16-28-25(26-2)29-17-21-12-9-15-27-24(21)31-18-20-10-5-4-6-11-20/h4-15,19H,16-18H2,1-3H3,(H2,26,28,29). The molecule has 168 valence electrons. The predicted octanol–water partition coefficient (Wildman–Crippen LogP) is 3.80. The van der Waals surface area contributed by atoms with Crippen molar-refractivity contribution in [1.82, 2.24) is 15.6 Å². The zero-order chi connectivity index (χ0) is 22.6. The second-order valence-electron chi connectivity index (χ2n) is 7.13. The Morgan fingerprint density at radius 3 is 2.47 bits per heavy atom. The van der Waals surface area contributed by atoms with E-state index in [0.717, 1.165) is 11.1 Å². The first-order chi connectivity index (χ1) is 15.7. The number of methoxy groups -OCH3 is 1. The van der Waals surface area contributed by atoms with Gasteiger partial charge in [0.05, 0.1) is 13.7 Å². The van der Waals surface area contributed by atoms with Crippen molar-refractivity contribution in [2.24, 2.45) is 4.99 Å². The van der Waals surface area contributed by atoms with Gasteiger partial charge in [-0.2, -0.15) is 0 Å². The average Bonchev–Trinajstić information content (AvgIpc) is 2.84. The molecule has 0 spiro atoms. The third-order valence-electron chi connectivity index (χ3n) is 4.69. The Morgan fingerprint density at radius 2 is 1.72 bits per heavy atom. The van der Waals surface area contributed by atoms with Crippen molar-refractivity contribution in [3.63, 3.8) is 0 Å². The van der Waals surface area contributed by atoms with Crippen LogP contribution in [-0.4, -0.2) is 37.7 Å². The smallest absolute Gasteiger partial charge is 0.218 e. The van der Waals surface area contributed by atoms with Crippen LogP contribution in [0.4, 0.5) is 0 Å². The van der Waals surface area contributed by atoms with Gasteiger partial charge >= 0.3 is 0 Å². The van der Waals surface area contributed by atoms with Crippen LogP contribution in [0.2, 0.25) is 0 Å². The number of pyridine rings is 1. The number of aliphatic imine (C=N–C) groups is 1. The molecule has 7 nitrogen and oxygen atoms in total. The largest absolute Gasteiger partial charge is 0.493 e. The molecule has 0 amide bonds. The highest BCUT2D eigenvalue weighted by atomic mass is 16.5. The van der Waals surface area contributed by atoms with Crippen molar-refractivity contribution in [2.45, 2.75) is 26.2 Å². The summed E-state index contributed by atoms with van der Waals surface area (Å²) < 4.78 is 17.3. The first-order valence-corrected chi connectivity index (χ1v) is 10.5. The number of hydrogen-bond acceptors (Lipinski definition) is 5. The minimum absolute atomic E-state index is 0.0898. The molecule has 0 bridgehead atoms. The van der Waals surface area contributed by atoms with Gasteiger partial charge < -0.3 is 24.8 Å². The average molecular weight is 435 g/mol. The molecule has 0 radical (unpaired) electrons. The summed E-state index contributed by atoms with van der Waals surface area (Å²) >= 11 is 0. The first kappa shape index (κ1) is 22.9. The molecule has 32 heavy (non-hydrogen) atoms. The van der Waals surface area contributed by atoms with E-state index in [1.807, 2.05) is 73.7 Å². The summed E-state index contributed by atoms with van der Waals surface area (Å²) in [6.45, 7) is 3.56. The van der Waals surface area contributed by atoms with Crippen LogP contribution < -0.4 is 24.8 Å². The van der Waals surface area contributed by atoms with Gasteiger partial charge in [0, 0.05) is 25.4 Å². The summed E-state index contributed by atoms with van der Waals surface area (Å²) in [5, 5.41) is 6.59. The summed E-state index contributed by atoms with van der Waals surface area (Å²) in [7, 11) is 3.37. The fourth-order valence-electron chi connectivity index (χ4n) is 3.03. The Labute approximate surface area is 189 Å². The third-order valence-corrected chi connectivity index (χ3v) is 4.69. The molecule has 0 aliphatic heterocycles. The van der Waals surface area contributed by atoms with E-state index < -0.39 is 0 Å². The van der Waals surface area contributed by atoms with Gasteiger partial charge in [0.15, 0.2) is 17.5 Å². The number of para-hydroxylation sites is 2. The summed E-state index contributed by atoms with van der Waals surface area (Å²) in [4.78, 5) is 8.67. The van der Waals surface area contributed by atoms with Crippen LogP contribution in [0.1, 0.15) is 18.1 Å². The SMILES string of the molecule is CN=C(NCc1cccnc1OCc1ccccc1)NCC(C)Oc1ccccc1OC. The quantitative estimate of drug-likeness (QED) is 0.373. The van der Waals surface area contributed by atoms with Gasteiger partial charge in [0.2, 0.25) is 5.88 Å². The Hall–Kier alpha value is -3.74. The number of rotatable bonds is 10. The van der Waals surface area contributed by atoms with Crippen LogP contribution in [-0.2, 0) is 13.2 Å². The fourth-order valence-corrected chi connectivity index (χ4v) is 3.03. The van der Waals surface area contributed by atoms with Crippen molar-refractivity contribution >= 4 is 5.96 Å². The van der Waals surface area contributed by atoms with Crippen LogP contribution in [0.15, 0.2) is 77.9 Å². The first-order valence-electron chi connectivity index (χ1n) is 10.5. The van der Waals surface area contributed by atoms with Gasteiger partial charge in [-0.3, -0.25) is 4.99 Å². The van der Waals surface area contributed by atoms with Crippen LogP contribution in [0, 0.1) is 0 Å². The molecule has 3 rings (SSSR count). The van der Waals surface area contributed by atoms with Crippen molar-refractivity contribution in [2.75, 3.05) is 20.7 Å². The number of ether oxygens (including phenoxy) is 3. The van der Waals surface area contributed by atoms with E-state index in [9.17, 15) is 0 Å². The van der Waals surface area contributed by atoms with Gasteiger partial charge in [-0.25, -0.2) is 4.98 Å². The zero-order valence-electron chi connectivity index (χ0n) is 18.7. The number of nitrogens with one attached hydrogen (secondary N) is 2. The lowest BCUT2D eigenvalue weighted by Gasteiger charge is -2.19. The highest BCUT2D eigenvalue weighted by Crippen LogP contribution is 2.26. The molecule has 7 heteroatoms. The number of benzene rings is 2. The maximum absolute atomic E-state index is 5.99. The minimum Gasteiger partial charge on any atom is -0.493 e. The molecule has 1 unspecified atom stereocenters. The number of guanidine groups is 1. The molecule has 0 saturated heterocycles. The van der Waals surface area contributed by atoms with Crippen LogP contribution in [0.5, 0.6) is 17.4 Å². The topological polar surface area (TPSA) is 77.0 Å². The van der Waals surface area contributed by atoms with Crippen molar-refractivity contribution < 1.29 is 14.2 Å². The molecule has 2 N–H and O–H groups in total. The molecule has 1 aromatic heterocycles. The number of aromatic nitrogens is 1. The summed E-state index contributed by atoms with van der Waals surface area (Å²) in [6, 6.07) is 21.5. The lowest BCUT2D eigenvalue weighted by Crippen LogP contribution is -2.41. The molecule has 0 aliphatic rings. The monoisotopic (exact) mass is 434 g/mol. The Bertz CT molecular complexity index is 995. The van der Waals surface area contributed by atoms with Gasteiger partial charge in [0.1, 0.15) is 12.7 Å². The summed E-state index contributed by atoms with van der Waals surface area (Å²) in [5.74, 6) is 2.69. The molecule has 2 aromatic carbocycles. The summed E-state index contributed by atoms with van der Waals surface area (Å²) in [5.41, 5.74) is 2.04. The van der Waals surface area contributed by atoms with E-state index in [1.54, 1.807) is 20.4 Å². The molecule has 1 atom stereocenters. The van der Waals surface area contributed by atoms with E-state index in [1.165, 1.54) is 0 Å². The van der Waals surface area contributed by atoms with Gasteiger partial charge in [0.25, 0.3) is 0 Å². The van der Waals surface area contributed by atoms with Gasteiger partial charge in [-0.1, -0.05) is 48.5 Å². The fraction of sp³-hybridized carbons (Fsp3) is 0.280. The number of nitrogens with zero attached hydrogens (tertiary/aromatic N) is 2. The Kier molecular flexibility index (Phi) is 8.74. The molecule has 0 saturated carbocycles. The Morgan fingerprint density at radius 1 is 0.969 bits per heavy atom. The lowest BCUT2D eigenvalue weighted by atomic mass is 10.2. The molecule has 0 aliphatic carbocycles. The van der Waals surface area contributed by atoms with Gasteiger partial charge in [-0.15, -0.1) is 0 Å². The van der Waals surface area contributed by atoms with Crippen molar-refractivity contribution in [1.29, 1.82) is 0 Å². The van der Waals surface area contributed by atoms with Gasteiger partial charge in [-0.05, 0) is 30.7 Å².